The molecule has 0 fully saturated rings. The summed E-state index contributed by atoms with van der Waals surface area (Å²) in [4.78, 5) is 11.2. The van der Waals surface area contributed by atoms with Gasteiger partial charge in [0.2, 0.25) is 0 Å². The summed E-state index contributed by atoms with van der Waals surface area (Å²) < 4.78 is 19.7. The number of hydrogen-bond donors (Lipinski definition) is 0. The largest absolute Gasteiger partial charge is 0.457 e. The summed E-state index contributed by atoms with van der Waals surface area (Å²) >= 11 is 0. The van der Waals surface area contributed by atoms with Crippen molar-refractivity contribution in [3.8, 4) is 11.5 Å². The number of ether oxygens (including phenoxy) is 1. The van der Waals surface area contributed by atoms with E-state index in [1.54, 1.807) is 6.20 Å². The highest BCUT2D eigenvalue weighted by molar-refractivity contribution is 6.13. The van der Waals surface area contributed by atoms with Gasteiger partial charge in [0.15, 0.2) is 5.58 Å². The number of rotatable bonds is 6. The fraction of sp³-hybridized carbons (Fsp3) is 0.0513. The number of para-hydroxylation sites is 3. The third-order valence-corrected chi connectivity index (χ3v) is 8.42. The maximum atomic E-state index is 6.79. The van der Waals surface area contributed by atoms with E-state index in [2.05, 4.69) is 70.5 Å². The molecule has 8 aromatic rings. The van der Waals surface area contributed by atoms with Crippen molar-refractivity contribution in [1.82, 2.24) is 9.88 Å². The van der Waals surface area contributed by atoms with Gasteiger partial charge in [-0.1, -0.05) is 60.7 Å². The maximum absolute atomic E-state index is 6.79. The van der Waals surface area contributed by atoms with Crippen LogP contribution in [-0.4, -0.2) is 23.6 Å². The first-order valence-electron chi connectivity index (χ1n) is 15.2. The zero-order valence-corrected chi connectivity index (χ0v) is 25.0. The number of hydrogen-bond acceptors (Lipinski definition) is 7. The monoisotopic (exact) mass is 600 g/mol. The lowest BCUT2D eigenvalue weighted by molar-refractivity contribution is 0.481. The summed E-state index contributed by atoms with van der Waals surface area (Å²) in [6.07, 6.45) is 5.96. The minimum absolute atomic E-state index is 0.668. The van der Waals surface area contributed by atoms with Gasteiger partial charge in [0.1, 0.15) is 34.1 Å². The lowest BCUT2D eigenvalue weighted by Crippen LogP contribution is -2.21. The van der Waals surface area contributed by atoms with Gasteiger partial charge in [0.05, 0.1) is 23.4 Å². The van der Waals surface area contributed by atoms with E-state index in [1.807, 2.05) is 84.9 Å². The molecule has 7 nitrogen and oxygen atoms in total. The minimum Gasteiger partial charge on any atom is -0.457 e. The molecule has 0 atom stereocenters. The van der Waals surface area contributed by atoms with Gasteiger partial charge in [-0.15, -0.1) is 0 Å². The molecule has 9 rings (SSSR count). The molecule has 0 N–H and O–H groups in total. The van der Waals surface area contributed by atoms with Crippen LogP contribution in [0.4, 0.5) is 22.9 Å². The van der Waals surface area contributed by atoms with E-state index in [4.69, 9.17) is 18.6 Å². The second-order valence-electron chi connectivity index (χ2n) is 11.5. The van der Waals surface area contributed by atoms with Crippen LogP contribution in [0.1, 0.15) is 0 Å². The first kappa shape index (κ1) is 26.2. The molecule has 46 heavy (non-hydrogen) atoms. The van der Waals surface area contributed by atoms with Gasteiger partial charge in [-0.25, -0.2) is 4.98 Å². The van der Waals surface area contributed by atoms with Crippen molar-refractivity contribution in [2.75, 3.05) is 23.5 Å². The molecule has 0 saturated carbocycles. The first-order chi connectivity index (χ1) is 22.7. The van der Waals surface area contributed by atoms with E-state index < -0.39 is 0 Å². The maximum Gasteiger partial charge on any atom is 0.159 e. The lowest BCUT2D eigenvalue weighted by Gasteiger charge is -2.25. The number of aromatic nitrogens is 1. The molecule has 1 aliphatic heterocycles. The summed E-state index contributed by atoms with van der Waals surface area (Å²) in [5.74, 6) is 2.11. The third-order valence-electron chi connectivity index (χ3n) is 8.42. The standard InChI is InChI=1S/C39H28N4O3/c1-41-19-20-42(25-41)32-22-28(24-36-38(32)30-14-6-8-16-35(30)45-36)44-27-21-31-29-13-5-7-15-34(29)46-39(31)33(23-27)43(26-11-3-2-4-12-26)37-17-9-10-18-40-37/h2-24H,25H2,1H3. The molecule has 0 unspecified atom stereocenters. The molecule has 0 aliphatic carbocycles. The average molecular weight is 601 g/mol. The van der Waals surface area contributed by atoms with E-state index in [-0.39, 0.29) is 0 Å². The zero-order valence-electron chi connectivity index (χ0n) is 25.0. The van der Waals surface area contributed by atoms with E-state index >= 15 is 0 Å². The molecule has 222 valence electrons. The van der Waals surface area contributed by atoms with E-state index in [0.717, 1.165) is 73.4 Å². The van der Waals surface area contributed by atoms with Crippen LogP contribution < -0.4 is 14.5 Å². The van der Waals surface area contributed by atoms with E-state index in [1.165, 1.54) is 0 Å². The topological polar surface area (TPSA) is 58.1 Å². The van der Waals surface area contributed by atoms with Gasteiger partial charge in [0.25, 0.3) is 0 Å². The Morgan fingerprint density at radius 2 is 1.41 bits per heavy atom. The van der Waals surface area contributed by atoms with Gasteiger partial charge in [0, 0.05) is 65.7 Å². The van der Waals surface area contributed by atoms with Gasteiger partial charge in [-0.3, -0.25) is 4.90 Å². The van der Waals surface area contributed by atoms with E-state index in [0.29, 0.717) is 11.5 Å². The molecule has 7 heteroatoms. The highest BCUT2D eigenvalue weighted by Crippen LogP contribution is 2.46. The molecule has 0 spiro atoms. The van der Waals surface area contributed by atoms with Crippen molar-refractivity contribution >= 4 is 66.8 Å². The summed E-state index contributed by atoms with van der Waals surface area (Å²) in [6, 6.07) is 40.5. The Kier molecular flexibility index (Phi) is 5.96. The summed E-state index contributed by atoms with van der Waals surface area (Å²) in [6.45, 7) is 0.727. The quantitative estimate of drug-likeness (QED) is 0.188. The second-order valence-corrected chi connectivity index (χ2v) is 11.5. The van der Waals surface area contributed by atoms with Crippen LogP contribution in [0.15, 0.2) is 149 Å². The van der Waals surface area contributed by atoms with Gasteiger partial charge < -0.3 is 23.4 Å². The lowest BCUT2D eigenvalue weighted by atomic mass is 10.1. The van der Waals surface area contributed by atoms with Gasteiger partial charge in [-0.2, -0.15) is 0 Å². The predicted octanol–water partition coefficient (Wildman–Crippen LogP) is 10.3. The van der Waals surface area contributed by atoms with Crippen LogP contribution in [0.3, 0.4) is 0 Å². The average Bonchev–Trinajstić information content (AvgIpc) is 3.80. The molecule has 3 aromatic heterocycles. The molecular formula is C39H28N4O3. The Morgan fingerprint density at radius 1 is 0.674 bits per heavy atom. The van der Waals surface area contributed by atoms with E-state index in [9.17, 15) is 0 Å². The van der Waals surface area contributed by atoms with Crippen LogP contribution in [0, 0.1) is 0 Å². The predicted molar refractivity (Wildman–Crippen MR) is 184 cm³/mol. The highest BCUT2D eigenvalue weighted by atomic mass is 16.5. The summed E-state index contributed by atoms with van der Waals surface area (Å²) in [7, 11) is 2.06. The van der Waals surface area contributed by atoms with Crippen LogP contribution in [0.5, 0.6) is 11.5 Å². The minimum atomic E-state index is 0.668. The number of benzene rings is 5. The van der Waals surface area contributed by atoms with Crippen LogP contribution >= 0.6 is 0 Å². The van der Waals surface area contributed by atoms with Crippen LogP contribution in [0.2, 0.25) is 0 Å². The van der Waals surface area contributed by atoms with Crippen molar-refractivity contribution in [1.29, 1.82) is 0 Å². The second kappa shape index (κ2) is 10.5. The Balaban J connectivity index is 1.26. The molecule has 0 radical (unpaired) electrons. The fourth-order valence-electron chi connectivity index (χ4n) is 6.38. The number of nitrogens with zero attached hydrogens (tertiary/aromatic N) is 4. The van der Waals surface area contributed by atoms with Crippen molar-refractivity contribution < 1.29 is 13.6 Å². The van der Waals surface area contributed by atoms with Crippen molar-refractivity contribution in [2.45, 2.75) is 0 Å². The smallest absolute Gasteiger partial charge is 0.159 e. The zero-order chi connectivity index (χ0) is 30.6. The van der Waals surface area contributed by atoms with Gasteiger partial charge in [-0.05, 0) is 42.5 Å². The third kappa shape index (κ3) is 4.32. The Bertz CT molecular complexity index is 2370. The normalized spacial score (nSPS) is 13.1. The van der Waals surface area contributed by atoms with Crippen LogP contribution in [0.25, 0.3) is 43.9 Å². The molecule has 0 amide bonds. The number of fused-ring (bicyclic) bond motifs is 6. The number of anilines is 4. The molecule has 5 aromatic carbocycles. The summed E-state index contributed by atoms with van der Waals surface area (Å²) in [5.41, 5.74) is 5.97. The van der Waals surface area contributed by atoms with Crippen molar-refractivity contribution in [2.24, 2.45) is 0 Å². The molecule has 0 saturated heterocycles. The molecule has 4 heterocycles. The molecule has 0 bridgehead atoms. The Labute approximate surface area is 264 Å². The Morgan fingerprint density at radius 3 is 2.20 bits per heavy atom. The van der Waals surface area contributed by atoms with Crippen molar-refractivity contribution in [3.63, 3.8) is 0 Å². The highest BCUT2D eigenvalue weighted by Gasteiger charge is 2.23. The molecular weight excluding hydrogens is 572 g/mol. The molecule has 1 aliphatic rings. The SMILES string of the molecule is CN1C=CN(c2cc(Oc3cc(N(c4ccccc4)c4ccccn4)c4oc5ccccc5c4c3)cc3oc4ccccc4c23)C1. The first-order valence-corrected chi connectivity index (χ1v) is 15.2. The number of furan rings is 2. The summed E-state index contributed by atoms with van der Waals surface area (Å²) in [5, 5.41) is 4.10. The number of pyridine rings is 1. The Hall–Kier alpha value is -6.21. The van der Waals surface area contributed by atoms with Crippen LogP contribution in [-0.2, 0) is 0 Å². The fourth-order valence-corrected chi connectivity index (χ4v) is 6.38. The van der Waals surface area contributed by atoms with Gasteiger partial charge >= 0.3 is 0 Å². The van der Waals surface area contributed by atoms with Crippen molar-refractivity contribution in [3.05, 3.63) is 140 Å².